The number of aromatic nitrogens is 2. The second-order valence-corrected chi connectivity index (χ2v) is 3.95. The molecule has 1 fully saturated rings. The van der Waals surface area contributed by atoms with Crippen LogP contribution in [0, 0.1) is 6.92 Å². The van der Waals surface area contributed by atoms with Gasteiger partial charge in [-0.05, 0) is 26.2 Å². The maximum atomic E-state index is 9.22. The van der Waals surface area contributed by atoms with Crippen molar-refractivity contribution in [3.63, 3.8) is 0 Å². The molecule has 0 aromatic carbocycles. The van der Waals surface area contributed by atoms with Crippen molar-refractivity contribution in [2.45, 2.75) is 38.5 Å². The zero-order chi connectivity index (χ0) is 9.47. The van der Waals surface area contributed by atoms with Gasteiger partial charge in [-0.3, -0.25) is 0 Å². The number of hydrogen-bond donors (Lipinski definition) is 2. The van der Waals surface area contributed by atoms with Crippen molar-refractivity contribution >= 4 is 0 Å². The monoisotopic (exact) mass is 180 g/mol. The fourth-order valence-electron chi connectivity index (χ4n) is 1.71. The number of aryl methyl sites for hydroxylation is 2. The molecule has 0 atom stereocenters. The predicted molar refractivity (Wildman–Crippen MR) is 50.7 cm³/mol. The highest BCUT2D eigenvalue weighted by atomic mass is 16.3. The molecule has 0 bridgehead atoms. The van der Waals surface area contributed by atoms with Gasteiger partial charge in [-0.25, -0.2) is 4.98 Å². The third-order valence-electron chi connectivity index (χ3n) is 2.98. The van der Waals surface area contributed by atoms with Crippen LogP contribution in [0.5, 0.6) is 0 Å². The highest BCUT2D eigenvalue weighted by Gasteiger charge is 2.46. The van der Waals surface area contributed by atoms with Crippen molar-refractivity contribution in [2.24, 2.45) is 0 Å². The molecule has 1 heterocycles. The molecule has 1 aliphatic carbocycles. The summed E-state index contributed by atoms with van der Waals surface area (Å²) in [7, 11) is 0. The SMILES string of the molecule is CCc1nc(C2(CO)CC2)[nH]c1C. The first kappa shape index (κ1) is 8.75. The van der Waals surface area contributed by atoms with E-state index in [1.165, 1.54) is 0 Å². The zero-order valence-electron chi connectivity index (χ0n) is 8.22. The van der Waals surface area contributed by atoms with E-state index in [-0.39, 0.29) is 12.0 Å². The molecule has 2 N–H and O–H groups in total. The van der Waals surface area contributed by atoms with Gasteiger partial charge in [0.25, 0.3) is 0 Å². The molecule has 1 aromatic heterocycles. The van der Waals surface area contributed by atoms with Crippen LogP contribution in [-0.2, 0) is 11.8 Å². The summed E-state index contributed by atoms with van der Waals surface area (Å²) in [4.78, 5) is 7.80. The smallest absolute Gasteiger partial charge is 0.115 e. The maximum Gasteiger partial charge on any atom is 0.115 e. The number of aliphatic hydroxyl groups is 1. The Morgan fingerprint density at radius 3 is 2.62 bits per heavy atom. The Morgan fingerprint density at radius 1 is 1.54 bits per heavy atom. The van der Waals surface area contributed by atoms with Crippen LogP contribution in [0.3, 0.4) is 0 Å². The van der Waals surface area contributed by atoms with Gasteiger partial charge in [-0.2, -0.15) is 0 Å². The van der Waals surface area contributed by atoms with E-state index in [4.69, 9.17) is 0 Å². The lowest BCUT2D eigenvalue weighted by atomic mass is 10.1. The fraction of sp³-hybridized carbons (Fsp3) is 0.700. The quantitative estimate of drug-likeness (QED) is 0.736. The van der Waals surface area contributed by atoms with Crippen molar-refractivity contribution in [2.75, 3.05) is 6.61 Å². The fourth-order valence-corrected chi connectivity index (χ4v) is 1.71. The molecule has 2 rings (SSSR count). The Labute approximate surface area is 78.2 Å². The zero-order valence-corrected chi connectivity index (χ0v) is 8.22. The minimum atomic E-state index is -0.0157. The van der Waals surface area contributed by atoms with Crippen LogP contribution in [0.1, 0.15) is 37.0 Å². The summed E-state index contributed by atoms with van der Waals surface area (Å²) < 4.78 is 0. The first-order valence-electron chi connectivity index (χ1n) is 4.88. The van der Waals surface area contributed by atoms with E-state index in [2.05, 4.69) is 16.9 Å². The highest BCUT2D eigenvalue weighted by molar-refractivity contribution is 5.24. The number of aromatic amines is 1. The van der Waals surface area contributed by atoms with Crippen LogP contribution < -0.4 is 0 Å². The number of hydrogen-bond acceptors (Lipinski definition) is 2. The van der Waals surface area contributed by atoms with Crippen molar-refractivity contribution in [1.29, 1.82) is 0 Å². The van der Waals surface area contributed by atoms with Gasteiger partial charge in [0.15, 0.2) is 0 Å². The molecule has 0 spiro atoms. The summed E-state index contributed by atoms with van der Waals surface area (Å²) in [5, 5.41) is 9.22. The summed E-state index contributed by atoms with van der Waals surface area (Å²) >= 11 is 0. The number of aliphatic hydroxyl groups excluding tert-OH is 1. The molecular formula is C10H16N2O. The molecule has 1 aromatic rings. The third kappa shape index (κ3) is 1.27. The molecule has 0 unspecified atom stereocenters. The molecular weight excluding hydrogens is 164 g/mol. The van der Waals surface area contributed by atoms with E-state index in [0.717, 1.165) is 36.5 Å². The van der Waals surface area contributed by atoms with Gasteiger partial charge in [0.2, 0.25) is 0 Å². The molecule has 0 saturated heterocycles. The lowest BCUT2D eigenvalue weighted by Crippen LogP contribution is -2.13. The summed E-state index contributed by atoms with van der Waals surface area (Å²) in [5.41, 5.74) is 2.27. The molecule has 0 amide bonds. The van der Waals surface area contributed by atoms with Crippen molar-refractivity contribution in [1.82, 2.24) is 9.97 Å². The normalized spacial score (nSPS) is 19.0. The van der Waals surface area contributed by atoms with Gasteiger partial charge in [0.05, 0.1) is 17.7 Å². The molecule has 1 aliphatic rings. The maximum absolute atomic E-state index is 9.22. The van der Waals surface area contributed by atoms with Gasteiger partial charge >= 0.3 is 0 Å². The summed E-state index contributed by atoms with van der Waals surface area (Å²) in [6.07, 6.45) is 3.10. The molecule has 0 aliphatic heterocycles. The van der Waals surface area contributed by atoms with Gasteiger partial charge < -0.3 is 10.1 Å². The van der Waals surface area contributed by atoms with Crippen LogP contribution in [0.15, 0.2) is 0 Å². The van der Waals surface area contributed by atoms with Gasteiger partial charge in [-0.15, -0.1) is 0 Å². The van der Waals surface area contributed by atoms with Crippen molar-refractivity contribution in [3.8, 4) is 0 Å². The van der Waals surface area contributed by atoms with Crippen molar-refractivity contribution in [3.05, 3.63) is 17.2 Å². The standard InChI is InChI=1S/C10H16N2O/c1-3-8-7(2)11-9(12-8)10(6-13)4-5-10/h13H,3-6H2,1-2H3,(H,11,12). The molecule has 3 heteroatoms. The molecule has 1 saturated carbocycles. The largest absolute Gasteiger partial charge is 0.395 e. The average molecular weight is 180 g/mol. The number of H-pyrrole nitrogens is 1. The number of rotatable bonds is 3. The highest BCUT2D eigenvalue weighted by Crippen LogP contribution is 2.46. The second-order valence-electron chi connectivity index (χ2n) is 3.95. The van der Waals surface area contributed by atoms with Crippen LogP contribution in [0.4, 0.5) is 0 Å². The van der Waals surface area contributed by atoms with Crippen LogP contribution in [-0.4, -0.2) is 21.7 Å². The summed E-state index contributed by atoms with van der Waals surface area (Å²) in [6.45, 7) is 4.37. The average Bonchev–Trinajstić information content (AvgIpc) is 2.85. The number of imidazole rings is 1. The molecule has 0 radical (unpaired) electrons. The first-order valence-corrected chi connectivity index (χ1v) is 4.88. The molecule has 13 heavy (non-hydrogen) atoms. The topological polar surface area (TPSA) is 48.9 Å². The second kappa shape index (κ2) is 2.84. The van der Waals surface area contributed by atoms with E-state index < -0.39 is 0 Å². The Balaban J connectivity index is 2.31. The van der Waals surface area contributed by atoms with Gasteiger partial charge in [0, 0.05) is 5.69 Å². The van der Waals surface area contributed by atoms with Crippen molar-refractivity contribution < 1.29 is 5.11 Å². The van der Waals surface area contributed by atoms with Gasteiger partial charge in [-0.1, -0.05) is 6.92 Å². The first-order chi connectivity index (χ1) is 6.22. The van der Waals surface area contributed by atoms with Crippen LogP contribution in [0.25, 0.3) is 0 Å². The minimum Gasteiger partial charge on any atom is -0.395 e. The number of nitrogens with zero attached hydrogens (tertiary/aromatic N) is 1. The van der Waals surface area contributed by atoms with E-state index in [1.807, 2.05) is 6.92 Å². The van der Waals surface area contributed by atoms with E-state index in [9.17, 15) is 5.11 Å². The Hall–Kier alpha value is -0.830. The number of nitrogens with one attached hydrogen (secondary N) is 1. The minimum absolute atomic E-state index is 0.0157. The molecule has 72 valence electrons. The van der Waals surface area contributed by atoms with E-state index in [0.29, 0.717) is 0 Å². The van der Waals surface area contributed by atoms with E-state index >= 15 is 0 Å². The Morgan fingerprint density at radius 2 is 2.23 bits per heavy atom. The lowest BCUT2D eigenvalue weighted by molar-refractivity contribution is 0.250. The van der Waals surface area contributed by atoms with Gasteiger partial charge in [0.1, 0.15) is 5.82 Å². The lowest BCUT2D eigenvalue weighted by Gasteiger charge is -2.06. The predicted octanol–water partition coefficient (Wildman–Crippen LogP) is 1.30. The Kier molecular flexibility index (Phi) is 1.91. The Bertz CT molecular complexity index is 313. The summed E-state index contributed by atoms with van der Waals surface area (Å²) in [6, 6.07) is 0. The molecule has 3 nitrogen and oxygen atoms in total. The van der Waals surface area contributed by atoms with Crippen LogP contribution in [0.2, 0.25) is 0 Å². The third-order valence-corrected chi connectivity index (χ3v) is 2.98. The summed E-state index contributed by atoms with van der Waals surface area (Å²) in [5.74, 6) is 0.990. The van der Waals surface area contributed by atoms with Crippen LogP contribution >= 0.6 is 0 Å². The van der Waals surface area contributed by atoms with E-state index in [1.54, 1.807) is 0 Å².